The first-order valence-corrected chi connectivity index (χ1v) is 8.71. The molecular formula is C19H22BNO6. The van der Waals surface area contributed by atoms with E-state index in [2.05, 4.69) is 5.32 Å². The molecule has 0 spiro atoms. The topological polar surface area (TPSA) is 97.3 Å². The Bertz CT molecular complexity index is 767. The summed E-state index contributed by atoms with van der Waals surface area (Å²) in [5, 5.41) is 21.1. The van der Waals surface area contributed by atoms with E-state index in [1.807, 2.05) is 24.3 Å². The quantitative estimate of drug-likeness (QED) is 0.477. The highest BCUT2D eigenvalue weighted by atomic mass is 16.6. The van der Waals surface area contributed by atoms with E-state index >= 15 is 0 Å². The molecule has 1 aliphatic rings. The maximum absolute atomic E-state index is 12.4. The summed E-state index contributed by atoms with van der Waals surface area (Å²) in [5.41, 5.74) is 1.83. The Morgan fingerprint density at radius 3 is 2.70 bits per heavy atom. The van der Waals surface area contributed by atoms with Gasteiger partial charge in [-0.05, 0) is 23.8 Å². The van der Waals surface area contributed by atoms with E-state index in [9.17, 15) is 14.8 Å². The summed E-state index contributed by atoms with van der Waals surface area (Å²) in [7, 11) is -0.400. The Hall–Kier alpha value is -2.55. The minimum absolute atomic E-state index is 0.00811. The molecule has 8 heteroatoms. The van der Waals surface area contributed by atoms with Gasteiger partial charge in [0.2, 0.25) is 5.91 Å². The number of amides is 1. The largest absolute Gasteiger partial charge is 0.635 e. The number of nitrogens with one attached hydrogen (secondary N) is 1. The number of hydrogen-bond donors (Lipinski definition) is 3. The highest BCUT2D eigenvalue weighted by Crippen LogP contribution is 2.36. The molecule has 2 aromatic rings. The van der Waals surface area contributed by atoms with Gasteiger partial charge in [-0.15, -0.1) is 0 Å². The molecule has 27 heavy (non-hydrogen) atoms. The highest BCUT2D eigenvalue weighted by Gasteiger charge is 2.29. The summed E-state index contributed by atoms with van der Waals surface area (Å²) in [6.45, 7) is 0.453. The van der Waals surface area contributed by atoms with Crippen molar-refractivity contribution >= 4 is 13.2 Å². The van der Waals surface area contributed by atoms with Crippen LogP contribution in [-0.4, -0.2) is 43.2 Å². The fraction of sp³-hybridized carbons (Fsp3) is 0.316. The number of rotatable bonds is 8. The number of carbonyl (C=O) groups is 1. The third kappa shape index (κ3) is 5.23. The Kier molecular flexibility index (Phi) is 6.34. The average molecular weight is 371 g/mol. The zero-order valence-corrected chi connectivity index (χ0v) is 15.0. The van der Waals surface area contributed by atoms with Gasteiger partial charge < -0.3 is 29.5 Å². The van der Waals surface area contributed by atoms with Crippen LogP contribution in [0.25, 0.3) is 0 Å². The SMILES string of the molecule is COc1ccc(CC(=O)N[C@H](C[C@H]2COc3ccccc32)OB(O)O)cc1. The van der Waals surface area contributed by atoms with Crippen LogP contribution < -0.4 is 14.8 Å². The van der Waals surface area contributed by atoms with E-state index in [0.717, 1.165) is 16.9 Å². The molecule has 7 nitrogen and oxygen atoms in total. The minimum Gasteiger partial charge on any atom is -0.497 e. The first kappa shape index (κ1) is 19.2. The molecule has 142 valence electrons. The van der Waals surface area contributed by atoms with Crippen molar-refractivity contribution in [3.05, 3.63) is 59.7 Å². The van der Waals surface area contributed by atoms with Gasteiger partial charge in [0.1, 0.15) is 17.7 Å². The second-order valence-corrected chi connectivity index (χ2v) is 6.32. The first-order chi connectivity index (χ1) is 13.0. The molecule has 0 aliphatic carbocycles. The molecule has 1 aliphatic heterocycles. The van der Waals surface area contributed by atoms with Gasteiger partial charge in [-0.1, -0.05) is 30.3 Å². The van der Waals surface area contributed by atoms with Gasteiger partial charge in [-0.3, -0.25) is 4.79 Å². The summed E-state index contributed by atoms with van der Waals surface area (Å²) < 4.78 is 15.8. The number of carbonyl (C=O) groups excluding carboxylic acids is 1. The third-order valence-corrected chi connectivity index (χ3v) is 4.43. The summed E-state index contributed by atoms with van der Waals surface area (Å²) in [5.74, 6) is 1.23. The molecule has 0 bridgehead atoms. The van der Waals surface area contributed by atoms with Crippen LogP contribution in [0.15, 0.2) is 48.5 Å². The van der Waals surface area contributed by atoms with Gasteiger partial charge in [0.15, 0.2) is 0 Å². The number of methoxy groups -OCH3 is 1. The maximum atomic E-state index is 12.4. The second-order valence-electron chi connectivity index (χ2n) is 6.32. The molecule has 3 rings (SSSR count). The lowest BCUT2D eigenvalue weighted by molar-refractivity contribution is -0.123. The molecule has 0 unspecified atom stereocenters. The lowest BCUT2D eigenvalue weighted by atomic mass is 9.96. The standard InChI is InChI=1S/C19H22BNO6/c1-25-15-8-6-13(7-9-15)10-18(22)21-19(27-20(23)24)11-14-12-26-17-5-3-2-4-16(14)17/h2-9,14,19,23-24H,10-12H2,1H3,(H,21,22)/t14-,19-/m0/s1. The Balaban J connectivity index is 1.61. The summed E-state index contributed by atoms with van der Waals surface area (Å²) in [6, 6.07) is 14.8. The minimum atomic E-state index is -1.98. The van der Waals surface area contributed by atoms with Crippen LogP contribution >= 0.6 is 0 Å². The third-order valence-electron chi connectivity index (χ3n) is 4.43. The van der Waals surface area contributed by atoms with Gasteiger partial charge in [0.25, 0.3) is 0 Å². The van der Waals surface area contributed by atoms with Crippen molar-refractivity contribution in [2.45, 2.75) is 25.0 Å². The number of benzene rings is 2. The fourth-order valence-corrected chi connectivity index (χ4v) is 3.14. The second kappa shape index (κ2) is 8.90. The molecule has 1 heterocycles. The van der Waals surface area contributed by atoms with Crippen molar-refractivity contribution in [3.63, 3.8) is 0 Å². The molecule has 0 saturated heterocycles. The van der Waals surface area contributed by atoms with Crippen molar-refractivity contribution in [2.24, 2.45) is 0 Å². The average Bonchev–Trinajstić information content (AvgIpc) is 3.05. The number of fused-ring (bicyclic) bond motifs is 1. The van der Waals surface area contributed by atoms with Crippen LogP contribution in [0.1, 0.15) is 23.5 Å². The molecule has 0 aromatic heterocycles. The predicted octanol–water partition coefficient (Wildman–Crippen LogP) is 1.23. The predicted molar refractivity (Wildman–Crippen MR) is 99.2 cm³/mol. The Morgan fingerprint density at radius 2 is 2.00 bits per heavy atom. The summed E-state index contributed by atoms with van der Waals surface area (Å²) in [4.78, 5) is 12.4. The molecular weight excluding hydrogens is 349 g/mol. The smallest absolute Gasteiger partial charge is 0.497 e. The zero-order valence-electron chi connectivity index (χ0n) is 15.0. The molecule has 0 fully saturated rings. The molecule has 2 atom stereocenters. The summed E-state index contributed by atoms with van der Waals surface area (Å²) >= 11 is 0. The van der Waals surface area contributed by atoms with Crippen LogP contribution in [0.2, 0.25) is 0 Å². The lowest BCUT2D eigenvalue weighted by Gasteiger charge is -2.22. The monoisotopic (exact) mass is 371 g/mol. The van der Waals surface area contributed by atoms with Crippen molar-refractivity contribution in [2.75, 3.05) is 13.7 Å². The summed E-state index contributed by atoms with van der Waals surface area (Å²) in [6.07, 6.45) is -0.345. The van der Waals surface area contributed by atoms with Gasteiger partial charge in [-0.25, -0.2) is 0 Å². The Labute approximate surface area is 158 Å². The highest BCUT2D eigenvalue weighted by molar-refractivity contribution is 6.32. The van der Waals surface area contributed by atoms with Gasteiger partial charge in [0.05, 0.1) is 20.1 Å². The van der Waals surface area contributed by atoms with Gasteiger partial charge in [0, 0.05) is 17.9 Å². The molecule has 2 aromatic carbocycles. The fourth-order valence-electron chi connectivity index (χ4n) is 3.14. The zero-order chi connectivity index (χ0) is 19.2. The molecule has 3 N–H and O–H groups in total. The van der Waals surface area contributed by atoms with E-state index in [4.69, 9.17) is 14.1 Å². The number of ether oxygens (including phenoxy) is 2. The normalized spacial score (nSPS) is 16.2. The molecule has 0 radical (unpaired) electrons. The first-order valence-electron chi connectivity index (χ1n) is 8.71. The van der Waals surface area contributed by atoms with Crippen molar-refractivity contribution in [1.29, 1.82) is 0 Å². The van der Waals surface area contributed by atoms with E-state index in [1.165, 1.54) is 0 Å². The van der Waals surface area contributed by atoms with Crippen LogP contribution in [0.4, 0.5) is 0 Å². The van der Waals surface area contributed by atoms with Crippen LogP contribution in [0, 0.1) is 0 Å². The van der Waals surface area contributed by atoms with Crippen molar-refractivity contribution in [1.82, 2.24) is 5.32 Å². The lowest BCUT2D eigenvalue weighted by Crippen LogP contribution is -2.42. The number of hydrogen-bond acceptors (Lipinski definition) is 6. The van der Waals surface area contributed by atoms with Crippen LogP contribution in [0.5, 0.6) is 11.5 Å². The van der Waals surface area contributed by atoms with Crippen molar-refractivity contribution in [3.8, 4) is 11.5 Å². The van der Waals surface area contributed by atoms with Crippen molar-refractivity contribution < 1.29 is 29.0 Å². The van der Waals surface area contributed by atoms with Gasteiger partial charge in [-0.2, -0.15) is 0 Å². The van der Waals surface area contributed by atoms with Crippen LogP contribution in [-0.2, 0) is 15.9 Å². The van der Waals surface area contributed by atoms with E-state index in [-0.39, 0.29) is 18.2 Å². The van der Waals surface area contributed by atoms with E-state index < -0.39 is 13.5 Å². The molecule has 1 amide bonds. The Morgan fingerprint density at radius 1 is 1.26 bits per heavy atom. The van der Waals surface area contributed by atoms with Gasteiger partial charge >= 0.3 is 7.32 Å². The molecule has 0 saturated carbocycles. The van der Waals surface area contributed by atoms with E-state index in [0.29, 0.717) is 18.8 Å². The number of para-hydroxylation sites is 1. The van der Waals surface area contributed by atoms with E-state index in [1.54, 1.807) is 31.4 Å². The maximum Gasteiger partial charge on any atom is 0.635 e. The van der Waals surface area contributed by atoms with Crippen LogP contribution in [0.3, 0.4) is 0 Å².